The molecule has 22 heavy (non-hydrogen) atoms. The molecule has 0 spiro atoms. The Morgan fingerprint density at radius 3 is 2.59 bits per heavy atom. The smallest absolute Gasteiger partial charge is 0.0949 e. The SMILES string of the molecule is Cc1ccc(-n2c(Cn3ccnc3)cc3ccccc32)cc1. The van der Waals surface area contributed by atoms with E-state index in [-0.39, 0.29) is 0 Å². The summed E-state index contributed by atoms with van der Waals surface area (Å²) in [5.74, 6) is 0. The molecule has 0 atom stereocenters. The summed E-state index contributed by atoms with van der Waals surface area (Å²) in [4.78, 5) is 4.14. The van der Waals surface area contributed by atoms with Crippen LogP contribution in [0.1, 0.15) is 11.3 Å². The van der Waals surface area contributed by atoms with E-state index in [0.717, 1.165) is 6.54 Å². The first-order valence-corrected chi connectivity index (χ1v) is 7.43. The van der Waals surface area contributed by atoms with Gasteiger partial charge in [-0.15, -0.1) is 0 Å². The highest BCUT2D eigenvalue weighted by Crippen LogP contribution is 2.25. The van der Waals surface area contributed by atoms with Crippen molar-refractivity contribution in [2.45, 2.75) is 13.5 Å². The van der Waals surface area contributed by atoms with Crippen LogP contribution in [0, 0.1) is 6.92 Å². The molecule has 0 bridgehead atoms. The van der Waals surface area contributed by atoms with Gasteiger partial charge in [0.05, 0.1) is 18.4 Å². The summed E-state index contributed by atoms with van der Waals surface area (Å²) in [6.07, 6.45) is 5.67. The van der Waals surface area contributed by atoms with Gasteiger partial charge in [-0.1, -0.05) is 35.9 Å². The second-order valence-electron chi connectivity index (χ2n) is 5.60. The first kappa shape index (κ1) is 12.9. The number of hydrogen-bond acceptors (Lipinski definition) is 1. The Morgan fingerprint density at radius 2 is 1.82 bits per heavy atom. The highest BCUT2D eigenvalue weighted by atomic mass is 15.1. The summed E-state index contributed by atoms with van der Waals surface area (Å²) in [6.45, 7) is 2.92. The summed E-state index contributed by atoms with van der Waals surface area (Å²) in [5.41, 5.74) is 4.96. The van der Waals surface area contributed by atoms with E-state index in [1.165, 1.54) is 27.8 Å². The Balaban J connectivity index is 1.91. The number of para-hydroxylation sites is 1. The molecular formula is C19H17N3. The fraction of sp³-hybridized carbons (Fsp3) is 0.105. The fourth-order valence-corrected chi connectivity index (χ4v) is 2.89. The molecule has 0 radical (unpaired) electrons. The predicted molar refractivity (Wildman–Crippen MR) is 89.3 cm³/mol. The second kappa shape index (κ2) is 5.19. The van der Waals surface area contributed by atoms with E-state index in [0.29, 0.717) is 0 Å². The Kier molecular flexibility index (Phi) is 3.04. The van der Waals surface area contributed by atoms with Crippen LogP contribution in [0.2, 0.25) is 0 Å². The van der Waals surface area contributed by atoms with Gasteiger partial charge in [-0.05, 0) is 31.2 Å². The van der Waals surface area contributed by atoms with Crippen molar-refractivity contribution in [1.82, 2.24) is 14.1 Å². The molecule has 0 aliphatic carbocycles. The molecule has 2 aromatic heterocycles. The van der Waals surface area contributed by atoms with Gasteiger partial charge in [0.15, 0.2) is 0 Å². The minimum absolute atomic E-state index is 0.808. The van der Waals surface area contributed by atoms with Gasteiger partial charge >= 0.3 is 0 Å². The van der Waals surface area contributed by atoms with E-state index >= 15 is 0 Å². The van der Waals surface area contributed by atoms with Crippen molar-refractivity contribution < 1.29 is 0 Å². The van der Waals surface area contributed by atoms with Crippen molar-refractivity contribution in [2.75, 3.05) is 0 Å². The first-order chi connectivity index (χ1) is 10.8. The van der Waals surface area contributed by atoms with Crippen LogP contribution in [-0.2, 0) is 6.54 Å². The van der Waals surface area contributed by atoms with Gasteiger partial charge in [0.2, 0.25) is 0 Å². The highest BCUT2D eigenvalue weighted by molar-refractivity contribution is 5.83. The molecule has 0 amide bonds. The molecular weight excluding hydrogens is 270 g/mol. The molecule has 2 heterocycles. The third kappa shape index (κ3) is 2.21. The standard InChI is InChI=1S/C19H17N3/c1-15-6-8-17(9-7-15)22-18(13-21-11-10-20-14-21)12-16-4-2-3-5-19(16)22/h2-12,14H,13H2,1H3. The molecule has 0 unspecified atom stereocenters. The third-order valence-corrected chi connectivity index (χ3v) is 3.98. The van der Waals surface area contributed by atoms with Gasteiger partial charge in [0.25, 0.3) is 0 Å². The maximum Gasteiger partial charge on any atom is 0.0949 e. The molecule has 0 aliphatic heterocycles. The van der Waals surface area contributed by atoms with Crippen LogP contribution in [0.15, 0.2) is 73.3 Å². The number of rotatable bonds is 3. The van der Waals surface area contributed by atoms with Gasteiger partial charge < -0.3 is 9.13 Å². The average Bonchev–Trinajstić information content (AvgIpc) is 3.16. The fourth-order valence-electron chi connectivity index (χ4n) is 2.89. The molecule has 108 valence electrons. The monoisotopic (exact) mass is 287 g/mol. The zero-order chi connectivity index (χ0) is 14.9. The number of fused-ring (bicyclic) bond motifs is 1. The molecule has 0 aliphatic rings. The number of hydrogen-bond donors (Lipinski definition) is 0. The number of aryl methyl sites for hydroxylation is 1. The maximum absolute atomic E-state index is 4.14. The van der Waals surface area contributed by atoms with Crippen molar-refractivity contribution in [3.63, 3.8) is 0 Å². The quantitative estimate of drug-likeness (QED) is 0.554. The summed E-state index contributed by atoms with van der Waals surface area (Å²) >= 11 is 0. The average molecular weight is 287 g/mol. The minimum Gasteiger partial charge on any atom is -0.332 e. The topological polar surface area (TPSA) is 22.8 Å². The first-order valence-electron chi connectivity index (χ1n) is 7.43. The normalized spacial score (nSPS) is 11.1. The molecule has 4 aromatic rings. The van der Waals surface area contributed by atoms with Crippen molar-refractivity contribution >= 4 is 10.9 Å². The number of aromatic nitrogens is 3. The highest BCUT2D eigenvalue weighted by Gasteiger charge is 2.10. The van der Waals surface area contributed by atoms with E-state index in [2.05, 4.69) is 75.6 Å². The van der Waals surface area contributed by atoms with Crippen molar-refractivity contribution in [2.24, 2.45) is 0 Å². The van der Waals surface area contributed by atoms with Gasteiger partial charge in [0.1, 0.15) is 0 Å². The number of nitrogens with zero attached hydrogens (tertiary/aromatic N) is 3. The predicted octanol–water partition coefficient (Wildman–Crippen LogP) is 4.18. The van der Waals surface area contributed by atoms with E-state index < -0.39 is 0 Å². The molecule has 0 N–H and O–H groups in total. The Labute approximate surface area is 129 Å². The lowest BCUT2D eigenvalue weighted by atomic mass is 10.2. The number of benzene rings is 2. The largest absolute Gasteiger partial charge is 0.332 e. The molecule has 0 saturated heterocycles. The minimum atomic E-state index is 0.808. The molecule has 3 nitrogen and oxygen atoms in total. The molecule has 4 rings (SSSR count). The van der Waals surface area contributed by atoms with E-state index in [4.69, 9.17) is 0 Å². The van der Waals surface area contributed by atoms with E-state index in [1.807, 2.05) is 18.7 Å². The lowest BCUT2D eigenvalue weighted by Crippen LogP contribution is -2.04. The Hall–Kier alpha value is -2.81. The molecule has 3 heteroatoms. The summed E-state index contributed by atoms with van der Waals surface area (Å²) in [7, 11) is 0. The molecule has 0 saturated carbocycles. The van der Waals surface area contributed by atoms with Crippen LogP contribution in [0.25, 0.3) is 16.6 Å². The lowest BCUT2D eigenvalue weighted by Gasteiger charge is -2.12. The van der Waals surface area contributed by atoms with Crippen molar-refractivity contribution in [3.05, 3.63) is 84.6 Å². The van der Waals surface area contributed by atoms with E-state index in [9.17, 15) is 0 Å². The van der Waals surface area contributed by atoms with Crippen LogP contribution < -0.4 is 0 Å². The van der Waals surface area contributed by atoms with Crippen LogP contribution in [-0.4, -0.2) is 14.1 Å². The lowest BCUT2D eigenvalue weighted by molar-refractivity contribution is 0.758. The Bertz CT molecular complexity index is 900. The summed E-state index contributed by atoms with van der Waals surface area (Å²) in [5, 5.41) is 1.26. The maximum atomic E-state index is 4.14. The summed E-state index contributed by atoms with van der Waals surface area (Å²) in [6, 6.07) is 19.4. The van der Waals surface area contributed by atoms with Crippen LogP contribution in [0.3, 0.4) is 0 Å². The van der Waals surface area contributed by atoms with Gasteiger partial charge in [0, 0.05) is 29.2 Å². The molecule has 2 aromatic carbocycles. The van der Waals surface area contributed by atoms with Crippen LogP contribution in [0.5, 0.6) is 0 Å². The van der Waals surface area contributed by atoms with Crippen molar-refractivity contribution in [1.29, 1.82) is 0 Å². The Morgan fingerprint density at radius 1 is 1.00 bits per heavy atom. The van der Waals surface area contributed by atoms with Crippen molar-refractivity contribution in [3.8, 4) is 5.69 Å². The second-order valence-corrected chi connectivity index (χ2v) is 5.60. The zero-order valence-corrected chi connectivity index (χ0v) is 12.5. The molecule has 0 fully saturated rings. The van der Waals surface area contributed by atoms with E-state index in [1.54, 1.807) is 0 Å². The zero-order valence-electron chi connectivity index (χ0n) is 12.5. The van der Waals surface area contributed by atoms with Gasteiger partial charge in [-0.2, -0.15) is 0 Å². The summed E-state index contributed by atoms with van der Waals surface area (Å²) < 4.78 is 4.42. The van der Waals surface area contributed by atoms with Crippen LogP contribution >= 0.6 is 0 Å². The number of imidazole rings is 1. The third-order valence-electron chi connectivity index (χ3n) is 3.98. The van der Waals surface area contributed by atoms with Crippen LogP contribution in [0.4, 0.5) is 0 Å². The van der Waals surface area contributed by atoms with Gasteiger partial charge in [-0.3, -0.25) is 0 Å². The van der Waals surface area contributed by atoms with Gasteiger partial charge in [-0.25, -0.2) is 4.98 Å².